The number of Topliss-reactive ketones (excluding diaryl/α,β-unsaturated/α-hetero) is 1. The van der Waals surface area contributed by atoms with Crippen LogP contribution in [0.15, 0.2) is 52.7 Å². The lowest BCUT2D eigenvalue weighted by molar-refractivity contribution is -0.146. The number of esters is 1. The fourth-order valence-corrected chi connectivity index (χ4v) is 5.25. The number of phenolic OH excluding ortho intramolecular Hbond substituents is 1. The molecule has 0 amide bonds. The minimum Gasteiger partial charge on any atom is -0.504 e. The Kier molecular flexibility index (Phi) is 7.86. The van der Waals surface area contributed by atoms with Gasteiger partial charge in [-0.05, 0) is 61.1 Å². The van der Waals surface area contributed by atoms with Gasteiger partial charge in [0.2, 0.25) is 0 Å². The average Bonchev–Trinajstić information content (AvgIpc) is 2.90. The third-order valence-corrected chi connectivity index (χ3v) is 7.03. The number of ether oxygens (including phenoxy) is 4. The highest BCUT2D eigenvalue weighted by atomic mass is 16.5. The smallest absolute Gasteiger partial charge is 0.315 e. The van der Waals surface area contributed by atoms with Crippen LogP contribution < -0.4 is 14.2 Å². The van der Waals surface area contributed by atoms with Gasteiger partial charge in [0.05, 0.1) is 27.9 Å². The third-order valence-electron chi connectivity index (χ3n) is 7.03. The summed E-state index contributed by atoms with van der Waals surface area (Å²) in [7, 11) is 4.62. The van der Waals surface area contributed by atoms with Gasteiger partial charge in [-0.2, -0.15) is 0 Å². The van der Waals surface area contributed by atoms with Gasteiger partial charge in [-0.1, -0.05) is 19.1 Å². The molecule has 1 N–H and O–H groups in total. The molecule has 0 fully saturated rings. The van der Waals surface area contributed by atoms with Crippen LogP contribution in [0.2, 0.25) is 0 Å². The zero-order chi connectivity index (χ0) is 26.7. The van der Waals surface area contributed by atoms with Crippen LogP contribution >= 0.6 is 0 Å². The Labute approximate surface area is 216 Å². The maximum atomic E-state index is 13.8. The number of carbonyl (C=O) groups excluding carboxylic acids is 2. The molecule has 0 radical (unpaired) electrons. The summed E-state index contributed by atoms with van der Waals surface area (Å²) in [6.07, 6.45) is 1.49. The maximum absolute atomic E-state index is 13.8. The van der Waals surface area contributed by atoms with Crippen LogP contribution in [0, 0.1) is 5.92 Å². The molecule has 2 aromatic carbocycles. The summed E-state index contributed by atoms with van der Waals surface area (Å²) in [5.74, 6) is -0.447. The SMILES string of the molecule is CCCOC(=O)C1C(C)=NC2=C(C(=O)C[C@@H](c3ccc(OC)c(OC)c3)C2)[C@@H]1c1ccc(O)c(OC)c1. The number of ketones is 1. The predicted octanol–water partition coefficient (Wildman–Crippen LogP) is 4.95. The van der Waals surface area contributed by atoms with E-state index >= 15 is 0 Å². The quantitative estimate of drug-likeness (QED) is 0.505. The number of allylic oxidation sites excluding steroid dienone is 2. The monoisotopic (exact) mass is 507 g/mol. The first-order valence-corrected chi connectivity index (χ1v) is 12.4. The number of hydrogen-bond acceptors (Lipinski definition) is 8. The molecule has 0 spiro atoms. The third kappa shape index (κ3) is 5.05. The maximum Gasteiger partial charge on any atom is 0.315 e. The van der Waals surface area contributed by atoms with Gasteiger partial charge in [-0.3, -0.25) is 14.6 Å². The summed E-state index contributed by atoms with van der Waals surface area (Å²) in [6, 6.07) is 10.6. The van der Waals surface area contributed by atoms with E-state index in [-0.39, 0.29) is 36.2 Å². The minimum absolute atomic E-state index is 0.0183. The normalized spacial score (nSPS) is 21.2. The summed E-state index contributed by atoms with van der Waals surface area (Å²) in [6.45, 7) is 4.02. The topological polar surface area (TPSA) is 104 Å². The average molecular weight is 508 g/mol. The van der Waals surface area contributed by atoms with Gasteiger partial charge in [0.1, 0.15) is 5.92 Å². The molecule has 0 bridgehead atoms. The van der Waals surface area contributed by atoms with Crippen LogP contribution in [0.3, 0.4) is 0 Å². The van der Waals surface area contributed by atoms with Crippen LogP contribution in [0.25, 0.3) is 0 Å². The molecule has 3 atom stereocenters. The minimum atomic E-state index is -0.749. The van der Waals surface area contributed by atoms with Gasteiger partial charge >= 0.3 is 5.97 Å². The lowest BCUT2D eigenvalue weighted by Gasteiger charge is -2.36. The number of carbonyl (C=O) groups is 2. The summed E-state index contributed by atoms with van der Waals surface area (Å²) in [4.78, 5) is 31.8. The Balaban J connectivity index is 1.79. The van der Waals surface area contributed by atoms with Gasteiger partial charge < -0.3 is 24.1 Å². The van der Waals surface area contributed by atoms with Gasteiger partial charge in [0.15, 0.2) is 28.8 Å². The van der Waals surface area contributed by atoms with Crippen molar-refractivity contribution in [2.24, 2.45) is 10.9 Å². The van der Waals surface area contributed by atoms with Crippen LogP contribution in [0.4, 0.5) is 0 Å². The number of nitrogens with zero attached hydrogens (tertiary/aromatic N) is 1. The fraction of sp³-hybridized carbons (Fsp3) is 0.414. The van der Waals surface area contributed by atoms with Crippen LogP contribution in [0.1, 0.15) is 56.1 Å². The molecule has 2 aliphatic rings. The van der Waals surface area contributed by atoms with Gasteiger partial charge in [0, 0.05) is 29.3 Å². The van der Waals surface area contributed by atoms with E-state index in [9.17, 15) is 14.7 Å². The number of methoxy groups -OCH3 is 3. The van der Waals surface area contributed by atoms with Crippen molar-refractivity contribution < 1.29 is 33.6 Å². The first kappa shape index (κ1) is 26.3. The van der Waals surface area contributed by atoms with E-state index in [2.05, 4.69) is 0 Å². The largest absolute Gasteiger partial charge is 0.504 e. The lowest BCUT2D eigenvalue weighted by atomic mass is 9.69. The Morgan fingerprint density at radius 3 is 2.32 bits per heavy atom. The molecule has 37 heavy (non-hydrogen) atoms. The van der Waals surface area contributed by atoms with Crippen molar-refractivity contribution in [3.05, 3.63) is 58.8 Å². The summed E-state index contributed by atoms with van der Waals surface area (Å²) < 4.78 is 21.7. The molecule has 8 nitrogen and oxygen atoms in total. The number of hydrogen-bond donors (Lipinski definition) is 1. The molecular weight excluding hydrogens is 474 g/mol. The highest BCUT2D eigenvalue weighted by molar-refractivity contribution is 6.09. The molecule has 1 heterocycles. The summed E-state index contributed by atoms with van der Waals surface area (Å²) >= 11 is 0. The number of aromatic hydroxyl groups is 1. The van der Waals surface area contributed by atoms with Crippen molar-refractivity contribution in [2.45, 2.75) is 44.9 Å². The molecule has 1 aliphatic heterocycles. The van der Waals surface area contributed by atoms with Gasteiger partial charge in [0.25, 0.3) is 0 Å². The second kappa shape index (κ2) is 11.1. The molecule has 2 aromatic rings. The molecule has 0 saturated carbocycles. The summed E-state index contributed by atoms with van der Waals surface area (Å²) in [5, 5.41) is 10.2. The van der Waals surface area contributed by atoms with Gasteiger partial charge in [-0.15, -0.1) is 0 Å². The second-order valence-corrected chi connectivity index (χ2v) is 9.31. The van der Waals surface area contributed by atoms with E-state index < -0.39 is 17.8 Å². The van der Waals surface area contributed by atoms with Crippen molar-refractivity contribution in [1.29, 1.82) is 0 Å². The molecule has 0 aromatic heterocycles. The fourth-order valence-electron chi connectivity index (χ4n) is 5.25. The molecule has 4 rings (SSSR count). The number of phenols is 1. The first-order chi connectivity index (χ1) is 17.8. The Hall–Kier alpha value is -3.81. The second-order valence-electron chi connectivity index (χ2n) is 9.31. The molecule has 8 heteroatoms. The number of rotatable bonds is 8. The zero-order valence-corrected chi connectivity index (χ0v) is 21.9. The first-order valence-electron chi connectivity index (χ1n) is 12.4. The van der Waals surface area contributed by atoms with Crippen molar-refractivity contribution in [2.75, 3.05) is 27.9 Å². The zero-order valence-electron chi connectivity index (χ0n) is 21.9. The van der Waals surface area contributed by atoms with Crippen LogP contribution in [-0.4, -0.2) is 50.5 Å². The van der Waals surface area contributed by atoms with Crippen molar-refractivity contribution in [3.8, 4) is 23.0 Å². The lowest BCUT2D eigenvalue weighted by Crippen LogP contribution is -2.38. The van der Waals surface area contributed by atoms with Crippen molar-refractivity contribution >= 4 is 17.5 Å². The Morgan fingerprint density at radius 2 is 1.65 bits per heavy atom. The number of benzene rings is 2. The standard InChI is InChI=1S/C29H33NO7/c1-6-11-37-29(33)26-16(2)30-20-12-19(17-8-10-23(34-3)25(14-17)36-5)13-22(32)28(20)27(26)18-7-9-21(31)24(15-18)35-4/h7-10,14-15,19,26-27,31H,6,11-13H2,1-5H3/t19-,26?,27+/m0/s1. The highest BCUT2D eigenvalue weighted by Gasteiger charge is 2.45. The predicted molar refractivity (Wildman–Crippen MR) is 139 cm³/mol. The number of aliphatic imine (C=N–C) groups is 1. The van der Waals surface area contributed by atoms with Crippen molar-refractivity contribution in [3.63, 3.8) is 0 Å². The van der Waals surface area contributed by atoms with Crippen molar-refractivity contribution in [1.82, 2.24) is 0 Å². The van der Waals surface area contributed by atoms with Crippen LogP contribution in [-0.2, 0) is 14.3 Å². The Morgan fingerprint density at radius 1 is 0.973 bits per heavy atom. The highest BCUT2D eigenvalue weighted by Crippen LogP contribution is 2.48. The molecule has 1 unspecified atom stereocenters. The summed E-state index contributed by atoms with van der Waals surface area (Å²) in [5.41, 5.74) is 3.43. The molecule has 1 aliphatic carbocycles. The molecule has 196 valence electrons. The van der Waals surface area contributed by atoms with E-state index in [1.807, 2.05) is 25.1 Å². The van der Waals surface area contributed by atoms with E-state index in [0.717, 1.165) is 5.56 Å². The van der Waals surface area contributed by atoms with E-state index in [4.69, 9.17) is 23.9 Å². The Bertz CT molecular complexity index is 1260. The van der Waals surface area contributed by atoms with E-state index in [1.54, 1.807) is 33.3 Å². The molecule has 0 saturated heterocycles. The van der Waals surface area contributed by atoms with Gasteiger partial charge in [-0.25, -0.2) is 0 Å². The van der Waals surface area contributed by atoms with Crippen LogP contribution in [0.5, 0.6) is 23.0 Å². The van der Waals surface area contributed by atoms with E-state index in [0.29, 0.717) is 46.9 Å². The molecular formula is C29H33NO7. The van der Waals surface area contributed by atoms with E-state index in [1.165, 1.54) is 13.2 Å².